The zero-order valence-corrected chi connectivity index (χ0v) is 16.5. The minimum atomic E-state index is -3.82. The van der Waals surface area contributed by atoms with Gasteiger partial charge < -0.3 is 0 Å². The van der Waals surface area contributed by atoms with Gasteiger partial charge in [-0.15, -0.1) is 5.10 Å². The van der Waals surface area contributed by atoms with Crippen LogP contribution in [0.4, 0.5) is 10.3 Å². The number of H-pyrrole nitrogens is 1. The van der Waals surface area contributed by atoms with E-state index in [2.05, 4.69) is 20.5 Å². The van der Waals surface area contributed by atoms with Crippen LogP contribution in [-0.4, -0.2) is 33.5 Å². The highest BCUT2D eigenvalue weighted by Gasteiger charge is 2.19. The lowest BCUT2D eigenvalue weighted by Crippen LogP contribution is -2.14. The quantitative estimate of drug-likeness (QED) is 0.510. The van der Waals surface area contributed by atoms with E-state index in [1.54, 1.807) is 24.3 Å². The van der Waals surface area contributed by atoms with E-state index in [9.17, 15) is 17.6 Å². The highest BCUT2D eigenvalue weighted by molar-refractivity contribution is 7.90. The van der Waals surface area contributed by atoms with Gasteiger partial charge in [0.2, 0.25) is 5.95 Å². The Balaban J connectivity index is 1.53. The maximum absolute atomic E-state index is 13.9. The molecule has 0 radical (unpaired) electrons. The number of anilines is 1. The number of benzene rings is 2. The first-order valence-electron chi connectivity index (χ1n) is 8.83. The fourth-order valence-corrected chi connectivity index (χ4v) is 3.95. The molecule has 1 amide bonds. The molecule has 0 saturated heterocycles. The predicted octanol–water partition coefficient (Wildman–Crippen LogP) is 3.21. The second-order valence-corrected chi connectivity index (χ2v) is 8.33. The van der Waals surface area contributed by atoms with E-state index < -0.39 is 21.7 Å². The Hall–Kier alpha value is -3.79. The minimum Gasteiger partial charge on any atom is -0.289 e. The van der Waals surface area contributed by atoms with Crippen molar-refractivity contribution in [1.82, 2.24) is 19.2 Å². The maximum atomic E-state index is 13.9. The maximum Gasteiger partial charge on any atom is 0.267 e. The second kappa shape index (κ2) is 7.56. The highest BCUT2D eigenvalue weighted by atomic mass is 32.2. The summed E-state index contributed by atoms with van der Waals surface area (Å²) in [6, 6.07) is 13.8. The highest BCUT2D eigenvalue weighted by Crippen LogP contribution is 2.20. The van der Waals surface area contributed by atoms with Crippen LogP contribution >= 0.6 is 0 Å². The van der Waals surface area contributed by atoms with Crippen molar-refractivity contribution in [2.24, 2.45) is 0 Å². The lowest BCUT2D eigenvalue weighted by Gasteiger charge is -2.05. The summed E-state index contributed by atoms with van der Waals surface area (Å²) in [4.78, 5) is 16.6. The van der Waals surface area contributed by atoms with Crippen molar-refractivity contribution in [3.63, 3.8) is 0 Å². The predicted molar refractivity (Wildman–Crippen MR) is 108 cm³/mol. The van der Waals surface area contributed by atoms with E-state index in [1.165, 1.54) is 42.7 Å². The number of aromatic nitrogens is 4. The summed E-state index contributed by atoms with van der Waals surface area (Å²) in [5.41, 5.74) is 1.24. The summed E-state index contributed by atoms with van der Waals surface area (Å²) in [5.74, 6) is -0.993. The van der Waals surface area contributed by atoms with Crippen LogP contribution in [0.15, 0.2) is 71.9 Å². The van der Waals surface area contributed by atoms with Crippen molar-refractivity contribution in [2.75, 3.05) is 5.32 Å². The number of hydrogen-bond acceptors (Lipinski definition) is 5. The molecule has 0 unspecified atom stereocenters. The normalized spacial score (nSPS) is 11.4. The molecular weight excluding hydrogens is 409 g/mol. The van der Waals surface area contributed by atoms with Crippen molar-refractivity contribution in [1.29, 1.82) is 0 Å². The molecule has 0 saturated carbocycles. The fourth-order valence-electron chi connectivity index (χ4n) is 2.76. The van der Waals surface area contributed by atoms with Gasteiger partial charge in [0.25, 0.3) is 15.9 Å². The molecule has 2 heterocycles. The Morgan fingerprint density at radius 3 is 2.57 bits per heavy atom. The molecule has 0 aliphatic carbocycles. The van der Waals surface area contributed by atoms with Gasteiger partial charge in [-0.2, -0.15) is 4.98 Å². The van der Waals surface area contributed by atoms with Gasteiger partial charge in [-0.05, 0) is 37.3 Å². The molecular formula is C20H16FN5O3S. The van der Waals surface area contributed by atoms with Gasteiger partial charge in [-0.25, -0.2) is 16.8 Å². The summed E-state index contributed by atoms with van der Waals surface area (Å²) in [6.45, 7) is 1.86. The smallest absolute Gasteiger partial charge is 0.267 e. The van der Waals surface area contributed by atoms with E-state index >= 15 is 0 Å². The van der Waals surface area contributed by atoms with Crippen LogP contribution in [0.3, 0.4) is 0 Å². The van der Waals surface area contributed by atoms with Gasteiger partial charge in [0.1, 0.15) is 5.82 Å². The number of hydrogen-bond donors (Lipinski definition) is 2. The monoisotopic (exact) mass is 425 g/mol. The number of carbonyl (C=O) groups is 1. The van der Waals surface area contributed by atoms with Crippen molar-refractivity contribution in [2.45, 2.75) is 11.8 Å². The van der Waals surface area contributed by atoms with Crippen LogP contribution in [0, 0.1) is 12.7 Å². The fraction of sp³-hybridized carbons (Fsp3) is 0.0500. The van der Waals surface area contributed by atoms with E-state index in [0.29, 0.717) is 0 Å². The Morgan fingerprint density at radius 2 is 1.83 bits per heavy atom. The third-order valence-corrected chi connectivity index (χ3v) is 6.02. The molecule has 4 rings (SSSR count). The van der Waals surface area contributed by atoms with Gasteiger partial charge in [-0.1, -0.05) is 29.8 Å². The van der Waals surface area contributed by atoms with E-state index in [4.69, 9.17) is 0 Å². The first-order chi connectivity index (χ1) is 14.3. The SMILES string of the molecule is Cc1ccc(S(=O)(=O)n2ccc(C(=O)Nc3n[nH]c(-c4ccccc4F)n3)c2)cc1. The molecule has 2 aromatic carbocycles. The summed E-state index contributed by atoms with van der Waals surface area (Å²) in [6.07, 6.45) is 2.49. The van der Waals surface area contributed by atoms with Crippen LogP contribution in [0.5, 0.6) is 0 Å². The largest absolute Gasteiger partial charge is 0.289 e. The lowest BCUT2D eigenvalue weighted by molar-refractivity contribution is 0.102. The summed E-state index contributed by atoms with van der Waals surface area (Å²) < 4.78 is 40.2. The molecule has 2 N–H and O–H groups in total. The molecule has 152 valence electrons. The zero-order valence-electron chi connectivity index (χ0n) is 15.7. The molecule has 30 heavy (non-hydrogen) atoms. The first kappa shape index (κ1) is 19.5. The van der Waals surface area contributed by atoms with E-state index in [-0.39, 0.29) is 27.8 Å². The van der Waals surface area contributed by atoms with Crippen molar-refractivity contribution >= 4 is 21.9 Å². The van der Waals surface area contributed by atoms with Crippen molar-refractivity contribution in [3.8, 4) is 11.4 Å². The zero-order chi connectivity index (χ0) is 21.3. The average molecular weight is 425 g/mol. The van der Waals surface area contributed by atoms with Gasteiger partial charge in [0.05, 0.1) is 16.0 Å². The van der Waals surface area contributed by atoms with Crippen LogP contribution in [-0.2, 0) is 10.0 Å². The van der Waals surface area contributed by atoms with Gasteiger partial charge in [-0.3, -0.25) is 15.2 Å². The Morgan fingerprint density at radius 1 is 1.10 bits per heavy atom. The van der Waals surface area contributed by atoms with E-state index in [1.807, 2.05) is 6.92 Å². The molecule has 8 nitrogen and oxygen atoms in total. The van der Waals surface area contributed by atoms with E-state index in [0.717, 1.165) is 9.54 Å². The Kier molecular flexibility index (Phi) is 4.92. The molecule has 0 spiro atoms. The lowest BCUT2D eigenvalue weighted by atomic mass is 10.2. The van der Waals surface area contributed by atoms with Gasteiger partial charge in [0.15, 0.2) is 5.82 Å². The Bertz CT molecular complexity index is 1330. The standard InChI is InChI=1S/C20H16FN5O3S/c1-13-6-8-15(9-7-13)30(28,29)26-11-10-14(12-26)19(27)23-20-22-18(24-25-20)16-4-2-3-5-17(16)21/h2-12H,1H3,(H2,22,23,24,25,27). The van der Waals surface area contributed by atoms with Crippen LogP contribution in [0.2, 0.25) is 0 Å². The average Bonchev–Trinajstić information content (AvgIpc) is 3.39. The number of nitrogens with one attached hydrogen (secondary N) is 2. The van der Waals surface area contributed by atoms with Crippen molar-refractivity contribution in [3.05, 3.63) is 83.9 Å². The van der Waals surface area contributed by atoms with Crippen LogP contribution in [0.1, 0.15) is 15.9 Å². The second-order valence-electron chi connectivity index (χ2n) is 6.49. The number of nitrogens with zero attached hydrogens (tertiary/aromatic N) is 3. The Labute approximate surface area is 171 Å². The molecule has 0 bridgehead atoms. The molecule has 0 atom stereocenters. The van der Waals surface area contributed by atoms with Crippen LogP contribution in [0.25, 0.3) is 11.4 Å². The molecule has 0 aliphatic heterocycles. The number of carbonyl (C=O) groups excluding carboxylic acids is 1. The molecule has 10 heteroatoms. The van der Waals surface area contributed by atoms with Gasteiger partial charge in [0, 0.05) is 12.4 Å². The molecule has 0 fully saturated rings. The summed E-state index contributed by atoms with van der Waals surface area (Å²) >= 11 is 0. The molecule has 4 aromatic rings. The number of aryl methyl sites for hydroxylation is 1. The number of halogens is 1. The number of rotatable bonds is 5. The third kappa shape index (κ3) is 3.72. The van der Waals surface area contributed by atoms with Crippen LogP contribution < -0.4 is 5.32 Å². The van der Waals surface area contributed by atoms with Gasteiger partial charge >= 0.3 is 0 Å². The molecule has 2 aromatic heterocycles. The summed E-state index contributed by atoms with van der Waals surface area (Å²) in [7, 11) is -3.82. The topological polar surface area (TPSA) is 110 Å². The number of aromatic amines is 1. The first-order valence-corrected chi connectivity index (χ1v) is 10.3. The summed E-state index contributed by atoms with van der Waals surface area (Å²) in [5, 5.41) is 8.87. The molecule has 0 aliphatic rings. The third-order valence-electron chi connectivity index (χ3n) is 4.37. The minimum absolute atomic E-state index is 0.0626. The van der Waals surface area contributed by atoms with Crippen molar-refractivity contribution < 1.29 is 17.6 Å². The number of amides is 1.